The monoisotopic (exact) mass is 390 g/mol. The molecule has 0 radical (unpaired) electrons. The molecule has 3 amide bonds. The van der Waals surface area contributed by atoms with Gasteiger partial charge in [0, 0.05) is 10.2 Å². The van der Waals surface area contributed by atoms with Crippen LogP contribution >= 0.6 is 15.9 Å². The molecule has 1 aliphatic heterocycles. The van der Waals surface area contributed by atoms with E-state index in [1.54, 1.807) is 19.1 Å². The average Bonchev–Trinajstić information content (AvgIpc) is 3.23. The molecule has 3 fully saturated rings. The van der Waals surface area contributed by atoms with Crippen molar-refractivity contribution in [3.05, 3.63) is 28.7 Å². The number of imide groups is 1. The van der Waals surface area contributed by atoms with Crippen LogP contribution in [0.3, 0.4) is 0 Å². The van der Waals surface area contributed by atoms with Crippen LogP contribution in [0.2, 0.25) is 0 Å². The molecule has 0 spiro atoms. The first-order valence-corrected chi connectivity index (χ1v) is 9.20. The molecule has 5 unspecified atom stereocenters. The first kappa shape index (κ1) is 15.8. The lowest BCUT2D eigenvalue weighted by Crippen LogP contribution is -2.46. The van der Waals surface area contributed by atoms with Crippen LogP contribution in [-0.4, -0.2) is 28.7 Å². The first-order valence-electron chi connectivity index (χ1n) is 8.40. The van der Waals surface area contributed by atoms with Crippen molar-refractivity contribution in [1.82, 2.24) is 4.90 Å². The number of carbonyl (C=O) groups is 3. The Hall–Kier alpha value is -1.69. The highest BCUT2D eigenvalue weighted by Gasteiger charge is 2.62. The standard InChI is InChI=1S/C18H19BrN2O3/c1-9(16(22)20-13-6-4-12(19)5-7-13)21-17(23)14-10-2-3-11(8-10)15(14)18(21)24/h4-7,9-11,14-15H,2-3,8H2,1H3,(H,20,22). The molecule has 0 aromatic heterocycles. The summed E-state index contributed by atoms with van der Waals surface area (Å²) in [7, 11) is 0. The Morgan fingerprint density at radius 2 is 1.67 bits per heavy atom. The highest BCUT2D eigenvalue weighted by Crippen LogP contribution is 2.56. The largest absolute Gasteiger partial charge is 0.324 e. The Morgan fingerprint density at radius 3 is 2.21 bits per heavy atom. The lowest BCUT2D eigenvalue weighted by atomic mass is 9.81. The van der Waals surface area contributed by atoms with Gasteiger partial charge in [-0.25, -0.2) is 0 Å². The lowest BCUT2D eigenvalue weighted by molar-refractivity contribution is -0.146. The molecule has 1 aromatic carbocycles. The van der Waals surface area contributed by atoms with E-state index >= 15 is 0 Å². The Kier molecular flexibility index (Phi) is 3.75. The summed E-state index contributed by atoms with van der Waals surface area (Å²) in [6.07, 6.45) is 3.08. The minimum Gasteiger partial charge on any atom is -0.324 e. The van der Waals surface area contributed by atoms with Gasteiger partial charge in [0.05, 0.1) is 11.8 Å². The van der Waals surface area contributed by atoms with Gasteiger partial charge in [-0.05, 0) is 62.3 Å². The number of hydrogen-bond donors (Lipinski definition) is 1. The van der Waals surface area contributed by atoms with E-state index in [2.05, 4.69) is 21.2 Å². The minimum absolute atomic E-state index is 0.143. The predicted octanol–water partition coefficient (Wildman–Crippen LogP) is 2.81. The first-order chi connectivity index (χ1) is 11.5. The summed E-state index contributed by atoms with van der Waals surface area (Å²) in [5.41, 5.74) is 0.648. The molecule has 5 atom stereocenters. The molecule has 1 aromatic rings. The third-order valence-electron chi connectivity index (χ3n) is 5.84. The molecule has 5 nitrogen and oxygen atoms in total. The summed E-state index contributed by atoms with van der Waals surface area (Å²) in [6, 6.07) is 6.43. The summed E-state index contributed by atoms with van der Waals surface area (Å²) >= 11 is 3.34. The van der Waals surface area contributed by atoms with Crippen molar-refractivity contribution in [2.75, 3.05) is 5.32 Å². The SMILES string of the molecule is CC(C(=O)Nc1ccc(Br)cc1)N1C(=O)C2C3CCC(C3)C2C1=O. The fourth-order valence-corrected chi connectivity index (χ4v) is 4.98. The van der Waals surface area contributed by atoms with E-state index in [0.717, 1.165) is 23.7 Å². The third-order valence-corrected chi connectivity index (χ3v) is 6.37. The van der Waals surface area contributed by atoms with Gasteiger partial charge in [0.1, 0.15) is 6.04 Å². The van der Waals surface area contributed by atoms with E-state index in [1.165, 1.54) is 4.90 Å². The summed E-state index contributed by atoms with van der Waals surface area (Å²) in [5, 5.41) is 2.78. The van der Waals surface area contributed by atoms with E-state index in [1.807, 2.05) is 12.1 Å². The molecule has 126 valence electrons. The summed E-state index contributed by atoms with van der Waals surface area (Å²) in [5.74, 6) is -0.303. The molecule has 2 bridgehead atoms. The zero-order valence-corrected chi connectivity index (χ0v) is 15.0. The summed E-state index contributed by atoms with van der Waals surface area (Å²) in [6.45, 7) is 1.63. The fourth-order valence-electron chi connectivity index (χ4n) is 4.71. The second-order valence-corrected chi connectivity index (χ2v) is 8.02. The van der Waals surface area contributed by atoms with Gasteiger partial charge < -0.3 is 5.32 Å². The number of likely N-dealkylation sites (tertiary alicyclic amines) is 1. The van der Waals surface area contributed by atoms with Crippen LogP contribution in [0.4, 0.5) is 5.69 Å². The van der Waals surface area contributed by atoms with Crippen molar-refractivity contribution in [1.29, 1.82) is 0 Å². The lowest BCUT2D eigenvalue weighted by Gasteiger charge is -2.23. The molecule has 6 heteroatoms. The highest BCUT2D eigenvalue weighted by molar-refractivity contribution is 9.10. The maximum absolute atomic E-state index is 12.7. The molecule has 1 N–H and O–H groups in total. The van der Waals surface area contributed by atoms with Gasteiger partial charge in [0.2, 0.25) is 17.7 Å². The smallest absolute Gasteiger partial charge is 0.247 e. The molecule has 4 rings (SSSR count). The molecular weight excluding hydrogens is 372 g/mol. The van der Waals surface area contributed by atoms with Crippen molar-refractivity contribution in [2.24, 2.45) is 23.7 Å². The quantitative estimate of drug-likeness (QED) is 0.806. The van der Waals surface area contributed by atoms with Crippen LogP contribution in [0, 0.1) is 23.7 Å². The maximum atomic E-state index is 12.7. The van der Waals surface area contributed by atoms with Crippen LogP contribution in [-0.2, 0) is 14.4 Å². The van der Waals surface area contributed by atoms with Crippen molar-refractivity contribution < 1.29 is 14.4 Å². The van der Waals surface area contributed by atoms with Crippen molar-refractivity contribution in [2.45, 2.75) is 32.2 Å². The average molecular weight is 391 g/mol. The van der Waals surface area contributed by atoms with Gasteiger partial charge in [0.15, 0.2) is 0 Å². The Labute approximate surface area is 148 Å². The van der Waals surface area contributed by atoms with Crippen LogP contribution in [0.15, 0.2) is 28.7 Å². The Bertz CT molecular complexity index is 689. The van der Waals surface area contributed by atoms with Crippen LogP contribution in [0.5, 0.6) is 0 Å². The molecule has 1 saturated heterocycles. The normalized spacial score (nSPS) is 32.2. The molecule has 1 heterocycles. The van der Waals surface area contributed by atoms with Gasteiger partial charge in [-0.3, -0.25) is 19.3 Å². The molecular formula is C18H19BrN2O3. The molecule has 2 aliphatic carbocycles. The minimum atomic E-state index is -0.779. The van der Waals surface area contributed by atoms with E-state index in [9.17, 15) is 14.4 Å². The zero-order chi connectivity index (χ0) is 17.0. The number of fused-ring (bicyclic) bond motifs is 5. The number of halogens is 1. The number of amides is 3. The number of nitrogens with zero attached hydrogens (tertiary/aromatic N) is 1. The van der Waals surface area contributed by atoms with Gasteiger partial charge in [-0.15, -0.1) is 0 Å². The van der Waals surface area contributed by atoms with Gasteiger partial charge in [0.25, 0.3) is 0 Å². The highest BCUT2D eigenvalue weighted by atomic mass is 79.9. The second-order valence-electron chi connectivity index (χ2n) is 7.10. The van der Waals surface area contributed by atoms with Crippen molar-refractivity contribution >= 4 is 39.3 Å². The van der Waals surface area contributed by atoms with Crippen LogP contribution < -0.4 is 5.32 Å². The molecule has 3 aliphatic rings. The van der Waals surface area contributed by atoms with Crippen LogP contribution in [0.25, 0.3) is 0 Å². The molecule has 2 saturated carbocycles. The van der Waals surface area contributed by atoms with Gasteiger partial charge >= 0.3 is 0 Å². The summed E-state index contributed by atoms with van der Waals surface area (Å²) in [4.78, 5) is 39.2. The van der Waals surface area contributed by atoms with E-state index in [-0.39, 0.29) is 29.6 Å². The zero-order valence-electron chi connectivity index (χ0n) is 13.4. The van der Waals surface area contributed by atoms with Gasteiger partial charge in [-0.1, -0.05) is 15.9 Å². The number of nitrogens with one attached hydrogen (secondary N) is 1. The van der Waals surface area contributed by atoms with Crippen LogP contribution in [0.1, 0.15) is 26.2 Å². The Balaban J connectivity index is 1.51. The number of carbonyl (C=O) groups excluding carboxylic acids is 3. The number of benzene rings is 1. The van der Waals surface area contributed by atoms with E-state index in [0.29, 0.717) is 17.5 Å². The molecule has 24 heavy (non-hydrogen) atoms. The third kappa shape index (κ3) is 2.31. The number of rotatable bonds is 3. The predicted molar refractivity (Wildman–Crippen MR) is 91.9 cm³/mol. The Morgan fingerprint density at radius 1 is 1.12 bits per heavy atom. The van der Waals surface area contributed by atoms with Crippen molar-refractivity contribution in [3.63, 3.8) is 0 Å². The van der Waals surface area contributed by atoms with Gasteiger partial charge in [-0.2, -0.15) is 0 Å². The second kappa shape index (κ2) is 5.69. The van der Waals surface area contributed by atoms with E-state index in [4.69, 9.17) is 0 Å². The van der Waals surface area contributed by atoms with Crippen molar-refractivity contribution in [3.8, 4) is 0 Å². The number of hydrogen-bond acceptors (Lipinski definition) is 3. The van der Waals surface area contributed by atoms with E-state index < -0.39 is 6.04 Å². The topological polar surface area (TPSA) is 66.5 Å². The number of anilines is 1. The summed E-state index contributed by atoms with van der Waals surface area (Å²) < 4.78 is 0.918. The fraction of sp³-hybridized carbons (Fsp3) is 0.500. The maximum Gasteiger partial charge on any atom is 0.247 e.